The van der Waals surface area contributed by atoms with Crippen LogP contribution in [0.2, 0.25) is 0 Å². The number of ether oxygens (including phenoxy) is 1. The first-order valence-corrected chi connectivity index (χ1v) is 7.79. The summed E-state index contributed by atoms with van der Waals surface area (Å²) in [6.45, 7) is 5.30. The number of hydrogen-bond donors (Lipinski definition) is 1. The second-order valence-electron chi connectivity index (χ2n) is 5.24. The average molecular weight is 281 g/mol. The van der Waals surface area contributed by atoms with Gasteiger partial charge in [0.05, 0.1) is 7.11 Å². The van der Waals surface area contributed by atoms with E-state index >= 15 is 0 Å². The Morgan fingerprint density at radius 3 is 2.60 bits per heavy atom. The van der Waals surface area contributed by atoms with Crippen molar-refractivity contribution in [1.82, 2.24) is 5.32 Å². The molecule has 0 fully saturated rings. The number of nitrogens with one attached hydrogen (secondary N) is 1. The van der Waals surface area contributed by atoms with Gasteiger partial charge in [0, 0.05) is 11.6 Å². The number of unbranched alkanes of at least 4 members (excludes halogenated alkanes) is 3. The molecule has 20 heavy (non-hydrogen) atoms. The molecule has 0 aliphatic carbocycles. The highest BCUT2D eigenvalue weighted by molar-refractivity contribution is 5.36. The molecule has 1 aromatic rings. The van der Waals surface area contributed by atoms with E-state index in [1.54, 1.807) is 19.2 Å². The molecule has 1 N–H and O–H groups in total. The monoisotopic (exact) mass is 281 g/mol. The molecule has 3 heteroatoms. The van der Waals surface area contributed by atoms with Gasteiger partial charge >= 0.3 is 0 Å². The van der Waals surface area contributed by atoms with Crippen LogP contribution in [-0.4, -0.2) is 13.7 Å². The van der Waals surface area contributed by atoms with E-state index in [1.165, 1.54) is 25.3 Å². The van der Waals surface area contributed by atoms with E-state index in [1.807, 2.05) is 0 Å². The lowest BCUT2D eigenvalue weighted by Gasteiger charge is -2.21. The Morgan fingerprint density at radius 2 is 1.95 bits per heavy atom. The Bertz CT molecular complexity index is 381. The number of methoxy groups -OCH3 is 1. The van der Waals surface area contributed by atoms with Gasteiger partial charge < -0.3 is 10.1 Å². The van der Waals surface area contributed by atoms with Crippen molar-refractivity contribution in [3.05, 3.63) is 29.6 Å². The third kappa shape index (κ3) is 5.49. The van der Waals surface area contributed by atoms with Crippen molar-refractivity contribution in [2.45, 2.75) is 58.4 Å². The van der Waals surface area contributed by atoms with Crippen molar-refractivity contribution < 1.29 is 9.13 Å². The molecule has 0 bridgehead atoms. The third-order valence-electron chi connectivity index (χ3n) is 3.55. The molecular formula is C17H28FNO. The fraction of sp³-hybridized carbons (Fsp3) is 0.647. The van der Waals surface area contributed by atoms with E-state index in [4.69, 9.17) is 4.74 Å². The van der Waals surface area contributed by atoms with Crippen LogP contribution in [-0.2, 0) is 0 Å². The summed E-state index contributed by atoms with van der Waals surface area (Å²) in [7, 11) is 1.64. The molecule has 0 amide bonds. The minimum absolute atomic E-state index is 0.178. The van der Waals surface area contributed by atoms with Crippen molar-refractivity contribution in [3.63, 3.8) is 0 Å². The number of benzene rings is 1. The fourth-order valence-electron chi connectivity index (χ4n) is 2.44. The fourth-order valence-corrected chi connectivity index (χ4v) is 2.44. The predicted octanol–water partition coefficient (Wildman–Crippen LogP) is 4.85. The number of rotatable bonds is 10. The summed E-state index contributed by atoms with van der Waals surface area (Å²) >= 11 is 0. The van der Waals surface area contributed by atoms with Crippen molar-refractivity contribution in [3.8, 4) is 5.75 Å². The maximum absolute atomic E-state index is 13.5. The topological polar surface area (TPSA) is 21.3 Å². The summed E-state index contributed by atoms with van der Waals surface area (Å²) in [6.07, 6.45) is 6.99. The molecule has 0 saturated heterocycles. The van der Waals surface area contributed by atoms with Crippen molar-refractivity contribution >= 4 is 0 Å². The van der Waals surface area contributed by atoms with E-state index in [0.717, 1.165) is 37.1 Å². The molecular weight excluding hydrogens is 253 g/mol. The molecule has 2 nitrogen and oxygen atoms in total. The Morgan fingerprint density at radius 1 is 1.15 bits per heavy atom. The Balaban J connectivity index is 2.77. The van der Waals surface area contributed by atoms with Crippen LogP contribution in [0.15, 0.2) is 18.2 Å². The highest BCUT2D eigenvalue weighted by Crippen LogP contribution is 2.29. The maximum atomic E-state index is 13.5. The molecule has 1 atom stereocenters. The minimum atomic E-state index is -0.197. The lowest BCUT2D eigenvalue weighted by molar-refractivity contribution is 0.389. The van der Waals surface area contributed by atoms with Gasteiger partial charge in [-0.25, -0.2) is 4.39 Å². The summed E-state index contributed by atoms with van der Waals surface area (Å²) in [4.78, 5) is 0. The molecule has 1 aromatic carbocycles. The van der Waals surface area contributed by atoms with E-state index in [-0.39, 0.29) is 11.9 Å². The van der Waals surface area contributed by atoms with Crippen LogP contribution in [0.3, 0.4) is 0 Å². The van der Waals surface area contributed by atoms with Crippen LogP contribution in [0, 0.1) is 5.82 Å². The lowest BCUT2D eigenvalue weighted by Crippen LogP contribution is -2.22. The van der Waals surface area contributed by atoms with Gasteiger partial charge in [-0.1, -0.05) is 39.5 Å². The van der Waals surface area contributed by atoms with Gasteiger partial charge in [-0.15, -0.1) is 0 Å². The number of hydrogen-bond acceptors (Lipinski definition) is 2. The van der Waals surface area contributed by atoms with Gasteiger partial charge in [-0.3, -0.25) is 0 Å². The first-order valence-electron chi connectivity index (χ1n) is 7.79. The SMILES string of the molecule is CCCCCCC(NCCC)c1cc(F)ccc1OC. The van der Waals surface area contributed by atoms with E-state index in [9.17, 15) is 4.39 Å². The number of halogens is 1. The Labute approximate surface area is 122 Å². The van der Waals surface area contributed by atoms with Crippen molar-refractivity contribution in [2.75, 3.05) is 13.7 Å². The van der Waals surface area contributed by atoms with Crippen LogP contribution in [0.4, 0.5) is 4.39 Å². The van der Waals surface area contributed by atoms with Crippen LogP contribution >= 0.6 is 0 Å². The summed E-state index contributed by atoms with van der Waals surface area (Å²) in [5, 5.41) is 3.52. The highest BCUT2D eigenvalue weighted by Gasteiger charge is 2.16. The highest BCUT2D eigenvalue weighted by atomic mass is 19.1. The molecule has 0 aromatic heterocycles. The molecule has 0 radical (unpaired) electrons. The minimum Gasteiger partial charge on any atom is -0.496 e. The molecule has 0 aliphatic rings. The average Bonchev–Trinajstić information content (AvgIpc) is 2.46. The van der Waals surface area contributed by atoms with Gasteiger partial charge in [0.1, 0.15) is 11.6 Å². The second kappa shape index (κ2) is 9.76. The summed E-state index contributed by atoms with van der Waals surface area (Å²) in [6, 6.07) is 4.96. The largest absolute Gasteiger partial charge is 0.496 e. The first kappa shape index (κ1) is 17.0. The molecule has 1 rings (SSSR count). The summed E-state index contributed by atoms with van der Waals surface area (Å²) < 4.78 is 18.9. The zero-order valence-electron chi connectivity index (χ0n) is 13.0. The molecule has 0 spiro atoms. The van der Waals surface area contributed by atoms with Crippen LogP contribution in [0.5, 0.6) is 5.75 Å². The zero-order valence-corrected chi connectivity index (χ0v) is 13.0. The summed E-state index contributed by atoms with van der Waals surface area (Å²) in [5.74, 6) is 0.577. The molecule has 114 valence electrons. The third-order valence-corrected chi connectivity index (χ3v) is 3.55. The quantitative estimate of drug-likeness (QED) is 0.619. The summed E-state index contributed by atoms with van der Waals surface area (Å²) in [5.41, 5.74) is 0.942. The van der Waals surface area contributed by atoms with Crippen LogP contribution < -0.4 is 10.1 Å². The molecule has 0 heterocycles. The standard InChI is InChI=1S/C17H28FNO/c1-4-6-7-8-9-16(19-12-5-2)15-13-14(18)10-11-17(15)20-3/h10-11,13,16,19H,4-9,12H2,1-3H3. The molecule has 1 unspecified atom stereocenters. The van der Waals surface area contributed by atoms with Gasteiger partial charge in [-0.05, 0) is 37.6 Å². The molecule has 0 aliphatic heterocycles. The van der Waals surface area contributed by atoms with Gasteiger partial charge in [0.2, 0.25) is 0 Å². The maximum Gasteiger partial charge on any atom is 0.123 e. The second-order valence-corrected chi connectivity index (χ2v) is 5.24. The van der Waals surface area contributed by atoms with Crippen molar-refractivity contribution in [1.29, 1.82) is 0 Å². The first-order chi connectivity index (χ1) is 9.72. The van der Waals surface area contributed by atoms with Crippen LogP contribution in [0.25, 0.3) is 0 Å². The van der Waals surface area contributed by atoms with Crippen molar-refractivity contribution in [2.24, 2.45) is 0 Å². The van der Waals surface area contributed by atoms with E-state index < -0.39 is 0 Å². The normalized spacial score (nSPS) is 12.4. The van der Waals surface area contributed by atoms with Gasteiger partial charge in [0.25, 0.3) is 0 Å². The predicted molar refractivity (Wildman–Crippen MR) is 82.7 cm³/mol. The smallest absolute Gasteiger partial charge is 0.123 e. The van der Waals surface area contributed by atoms with Gasteiger partial charge in [0.15, 0.2) is 0 Å². The Kier molecular flexibility index (Phi) is 8.28. The zero-order chi connectivity index (χ0) is 14.8. The Hall–Kier alpha value is -1.09. The van der Waals surface area contributed by atoms with E-state index in [0.29, 0.717) is 0 Å². The molecule has 0 saturated carbocycles. The van der Waals surface area contributed by atoms with Crippen LogP contribution in [0.1, 0.15) is 64.0 Å². The van der Waals surface area contributed by atoms with E-state index in [2.05, 4.69) is 19.2 Å². The lowest BCUT2D eigenvalue weighted by atomic mass is 9.98. The van der Waals surface area contributed by atoms with Gasteiger partial charge in [-0.2, -0.15) is 0 Å².